The molecule has 0 aliphatic heterocycles. The van der Waals surface area contributed by atoms with Crippen LogP contribution in [0.2, 0.25) is 0 Å². The minimum Gasteiger partial charge on any atom is -0.497 e. The average molecular weight is 199 g/mol. The number of rotatable bonds is 3. The SMILES string of the molecule is C[n+]1[c-]cccc1OCc1ccccc1. The molecule has 0 spiro atoms. The first kappa shape index (κ1) is 9.71. The van der Waals surface area contributed by atoms with Crippen molar-refractivity contribution in [3.8, 4) is 5.88 Å². The third-order valence-corrected chi connectivity index (χ3v) is 2.16. The zero-order valence-electron chi connectivity index (χ0n) is 8.68. The van der Waals surface area contributed by atoms with Gasteiger partial charge < -0.3 is 4.74 Å². The van der Waals surface area contributed by atoms with Crippen molar-refractivity contribution in [3.05, 3.63) is 60.3 Å². The molecule has 0 saturated carbocycles. The Balaban J connectivity index is 2.03. The molecule has 2 heteroatoms. The molecule has 15 heavy (non-hydrogen) atoms. The standard InChI is InChI=1S/C13H13NO/c1-14-10-6-5-9-13(14)15-11-12-7-3-2-4-8-12/h2-9H,11H2,1H3. The van der Waals surface area contributed by atoms with Gasteiger partial charge in [0, 0.05) is 0 Å². The molecule has 0 fully saturated rings. The fourth-order valence-electron chi connectivity index (χ4n) is 1.34. The third kappa shape index (κ3) is 2.56. The number of pyridine rings is 1. The molecular weight excluding hydrogens is 186 g/mol. The zero-order chi connectivity index (χ0) is 10.5. The topological polar surface area (TPSA) is 13.1 Å². The van der Waals surface area contributed by atoms with Crippen molar-refractivity contribution >= 4 is 0 Å². The van der Waals surface area contributed by atoms with Crippen molar-refractivity contribution in [1.29, 1.82) is 0 Å². The maximum atomic E-state index is 5.65. The van der Waals surface area contributed by atoms with E-state index in [0.717, 1.165) is 5.88 Å². The van der Waals surface area contributed by atoms with E-state index in [2.05, 4.69) is 6.20 Å². The molecular formula is C13H13NO. The molecule has 0 amide bonds. The number of aromatic nitrogens is 1. The number of nitrogens with zero attached hydrogens (tertiary/aromatic N) is 1. The van der Waals surface area contributed by atoms with Crippen LogP contribution in [0.4, 0.5) is 0 Å². The lowest BCUT2D eigenvalue weighted by molar-refractivity contribution is -0.681. The normalized spacial score (nSPS) is 9.93. The Morgan fingerprint density at radius 1 is 1.13 bits per heavy atom. The summed E-state index contributed by atoms with van der Waals surface area (Å²) in [5, 5.41) is 0. The largest absolute Gasteiger partial charge is 0.497 e. The molecule has 1 aromatic heterocycles. The van der Waals surface area contributed by atoms with Crippen molar-refractivity contribution in [1.82, 2.24) is 0 Å². The van der Waals surface area contributed by atoms with Crippen LogP contribution in [0.1, 0.15) is 5.56 Å². The summed E-state index contributed by atoms with van der Waals surface area (Å²) in [7, 11) is 1.92. The predicted molar refractivity (Wildman–Crippen MR) is 57.2 cm³/mol. The molecule has 0 aliphatic rings. The summed E-state index contributed by atoms with van der Waals surface area (Å²) < 4.78 is 7.49. The van der Waals surface area contributed by atoms with Crippen LogP contribution < -0.4 is 9.30 Å². The smallest absolute Gasteiger partial charge is 0.257 e. The van der Waals surface area contributed by atoms with Crippen molar-refractivity contribution in [2.24, 2.45) is 7.05 Å². The average Bonchev–Trinajstić information content (AvgIpc) is 2.29. The van der Waals surface area contributed by atoms with Crippen molar-refractivity contribution in [2.75, 3.05) is 0 Å². The predicted octanol–water partition coefficient (Wildman–Crippen LogP) is 1.89. The van der Waals surface area contributed by atoms with Crippen molar-refractivity contribution in [3.63, 3.8) is 0 Å². The van der Waals surface area contributed by atoms with Crippen LogP contribution in [-0.2, 0) is 13.7 Å². The van der Waals surface area contributed by atoms with E-state index in [1.54, 1.807) is 0 Å². The minimum absolute atomic E-state index is 0.590. The molecule has 1 heterocycles. The van der Waals surface area contributed by atoms with Crippen LogP contribution in [0, 0.1) is 6.20 Å². The van der Waals surface area contributed by atoms with Gasteiger partial charge in [0.15, 0.2) is 0 Å². The van der Waals surface area contributed by atoms with Gasteiger partial charge in [-0.3, -0.25) is 4.57 Å². The Morgan fingerprint density at radius 2 is 1.93 bits per heavy atom. The molecule has 0 unspecified atom stereocenters. The Labute approximate surface area is 89.8 Å². The molecule has 76 valence electrons. The summed E-state index contributed by atoms with van der Waals surface area (Å²) in [6.45, 7) is 0.590. The number of aryl methyl sites for hydroxylation is 1. The van der Waals surface area contributed by atoms with Gasteiger partial charge in [0.05, 0.1) is 0 Å². The fourth-order valence-corrected chi connectivity index (χ4v) is 1.34. The lowest BCUT2D eigenvalue weighted by Gasteiger charge is -2.08. The Bertz CT molecular complexity index is 426. The Hall–Kier alpha value is -1.83. The first-order valence-corrected chi connectivity index (χ1v) is 4.90. The summed E-state index contributed by atoms with van der Waals surface area (Å²) in [5.41, 5.74) is 1.17. The summed E-state index contributed by atoms with van der Waals surface area (Å²) in [4.78, 5) is 0. The van der Waals surface area contributed by atoms with Crippen LogP contribution in [-0.4, -0.2) is 0 Å². The van der Waals surface area contributed by atoms with Crippen LogP contribution in [0.3, 0.4) is 0 Å². The second kappa shape index (κ2) is 4.60. The number of hydrogen-bond acceptors (Lipinski definition) is 1. The van der Waals surface area contributed by atoms with Gasteiger partial charge >= 0.3 is 0 Å². The summed E-state index contributed by atoms with van der Waals surface area (Å²) in [6.07, 6.45) is 3.03. The highest BCUT2D eigenvalue weighted by Crippen LogP contribution is 2.05. The highest BCUT2D eigenvalue weighted by atomic mass is 16.5. The molecule has 0 N–H and O–H groups in total. The Kier molecular flexibility index (Phi) is 2.98. The van der Waals surface area contributed by atoms with Gasteiger partial charge in [-0.05, 0) is 5.56 Å². The molecule has 2 aromatic rings. The van der Waals surface area contributed by atoms with E-state index in [9.17, 15) is 0 Å². The molecule has 0 saturated heterocycles. The first-order chi connectivity index (χ1) is 7.36. The molecule has 0 bridgehead atoms. The van der Waals surface area contributed by atoms with Crippen LogP contribution >= 0.6 is 0 Å². The molecule has 2 nitrogen and oxygen atoms in total. The molecule has 0 atom stereocenters. The summed E-state index contributed by atoms with van der Waals surface area (Å²) in [5.74, 6) is 0.821. The molecule has 2 rings (SSSR count). The molecule has 0 radical (unpaired) electrons. The minimum atomic E-state index is 0.590. The maximum Gasteiger partial charge on any atom is 0.257 e. The van der Waals surface area contributed by atoms with Gasteiger partial charge in [-0.1, -0.05) is 36.4 Å². The third-order valence-electron chi connectivity index (χ3n) is 2.16. The lowest BCUT2D eigenvalue weighted by Crippen LogP contribution is -2.30. The van der Waals surface area contributed by atoms with Crippen LogP contribution in [0.5, 0.6) is 5.88 Å². The van der Waals surface area contributed by atoms with E-state index >= 15 is 0 Å². The van der Waals surface area contributed by atoms with E-state index in [1.807, 2.05) is 60.1 Å². The van der Waals surface area contributed by atoms with E-state index in [4.69, 9.17) is 4.74 Å². The highest BCUT2D eigenvalue weighted by Gasteiger charge is 1.97. The van der Waals surface area contributed by atoms with Crippen LogP contribution in [0.25, 0.3) is 0 Å². The Morgan fingerprint density at radius 3 is 2.67 bits per heavy atom. The summed E-state index contributed by atoms with van der Waals surface area (Å²) in [6, 6.07) is 15.8. The molecule has 0 aliphatic carbocycles. The van der Waals surface area contributed by atoms with Crippen LogP contribution in [0.15, 0.2) is 48.5 Å². The van der Waals surface area contributed by atoms with E-state index in [-0.39, 0.29) is 0 Å². The lowest BCUT2D eigenvalue weighted by atomic mass is 10.2. The zero-order valence-corrected chi connectivity index (χ0v) is 8.68. The van der Waals surface area contributed by atoms with Crippen molar-refractivity contribution in [2.45, 2.75) is 6.61 Å². The van der Waals surface area contributed by atoms with Crippen molar-refractivity contribution < 1.29 is 9.30 Å². The fraction of sp³-hybridized carbons (Fsp3) is 0.154. The van der Waals surface area contributed by atoms with Gasteiger partial charge in [0.25, 0.3) is 5.88 Å². The number of hydrogen-bond donors (Lipinski definition) is 0. The monoisotopic (exact) mass is 199 g/mol. The van der Waals surface area contributed by atoms with Gasteiger partial charge in [0.2, 0.25) is 0 Å². The summed E-state index contributed by atoms with van der Waals surface area (Å²) >= 11 is 0. The van der Waals surface area contributed by atoms with Gasteiger partial charge in [0.1, 0.15) is 19.9 Å². The van der Waals surface area contributed by atoms with Gasteiger partial charge in [-0.25, -0.2) is 0 Å². The van der Waals surface area contributed by atoms with E-state index in [0.29, 0.717) is 6.61 Å². The quantitative estimate of drug-likeness (QED) is 0.543. The van der Waals surface area contributed by atoms with E-state index in [1.165, 1.54) is 5.56 Å². The highest BCUT2D eigenvalue weighted by molar-refractivity contribution is 5.14. The van der Waals surface area contributed by atoms with Gasteiger partial charge in [-0.15, -0.1) is 6.07 Å². The molecule has 1 aromatic carbocycles. The first-order valence-electron chi connectivity index (χ1n) is 4.90. The van der Waals surface area contributed by atoms with E-state index < -0.39 is 0 Å². The second-order valence-electron chi connectivity index (χ2n) is 3.33. The second-order valence-corrected chi connectivity index (χ2v) is 3.33. The number of ether oxygens (including phenoxy) is 1. The number of benzene rings is 1. The maximum absolute atomic E-state index is 5.65. The van der Waals surface area contributed by atoms with Gasteiger partial charge in [-0.2, -0.15) is 6.07 Å².